The van der Waals surface area contributed by atoms with Crippen molar-refractivity contribution >= 4 is 48.8 Å². The first kappa shape index (κ1) is 12.3. The van der Waals surface area contributed by atoms with Crippen LogP contribution in [0.3, 0.4) is 0 Å². The molecule has 2 aromatic rings. The smallest absolute Gasteiger partial charge is 0.343 e. The molecule has 90 valence electrons. The van der Waals surface area contributed by atoms with Gasteiger partial charge >= 0.3 is 5.97 Å². The summed E-state index contributed by atoms with van der Waals surface area (Å²) in [6.07, 6.45) is 0. The molecule has 2 N–H and O–H groups in total. The number of halogens is 2. The second-order valence-corrected chi connectivity index (χ2v) is 4.69. The van der Waals surface area contributed by atoms with Crippen LogP contribution in [0, 0.1) is 0 Å². The van der Waals surface area contributed by atoms with Gasteiger partial charge in [0.15, 0.2) is 4.67 Å². The zero-order chi connectivity index (χ0) is 12.7. The second kappa shape index (κ2) is 4.23. The van der Waals surface area contributed by atoms with Crippen molar-refractivity contribution in [2.45, 2.75) is 0 Å². The minimum absolute atomic E-state index is 0.0498. The number of hydrogen-bond donors (Lipinski definition) is 2. The number of ether oxygens (including phenoxy) is 1. The lowest BCUT2D eigenvalue weighted by Crippen LogP contribution is -2.01. The summed E-state index contributed by atoms with van der Waals surface area (Å²) in [4.78, 5) is 11.1. The molecular weight excluding hydrogens is 360 g/mol. The molecule has 2 rings (SSSR count). The summed E-state index contributed by atoms with van der Waals surface area (Å²) in [7, 11) is 1.33. The molecule has 0 unspecified atom stereocenters. The molecule has 1 heterocycles. The molecular formula is C10H6Br2O5. The van der Waals surface area contributed by atoms with E-state index in [1.54, 1.807) is 0 Å². The van der Waals surface area contributed by atoms with Crippen LogP contribution in [0.15, 0.2) is 19.6 Å². The van der Waals surface area contributed by atoms with Crippen molar-refractivity contribution < 1.29 is 24.2 Å². The molecule has 1 aromatic heterocycles. The van der Waals surface area contributed by atoms with E-state index in [1.807, 2.05) is 0 Å². The Morgan fingerprint density at radius 2 is 2.12 bits per heavy atom. The first-order chi connectivity index (χ1) is 7.97. The van der Waals surface area contributed by atoms with Crippen molar-refractivity contribution in [3.8, 4) is 11.5 Å². The molecule has 5 nitrogen and oxygen atoms in total. The van der Waals surface area contributed by atoms with Crippen molar-refractivity contribution in [1.29, 1.82) is 0 Å². The van der Waals surface area contributed by atoms with E-state index >= 15 is 0 Å². The molecule has 0 amide bonds. The van der Waals surface area contributed by atoms with Crippen LogP contribution in [0.4, 0.5) is 0 Å². The van der Waals surface area contributed by atoms with Crippen molar-refractivity contribution in [2.75, 3.05) is 7.11 Å². The number of carbonyl (C=O) groups is 1. The Hall–Kier alpha value is -1.21. The van der Waals surface area contributed by atoms with E-state index in [4.69, 9.17) is 14.3 Å². The van der Waals surface area contributed by atoms with Crippen LogP contribution in [0.1, 0.15) is 10.4 Å². The van der Waals surface area contributed by atoms with Crippen LogP contribution in [0.2, 0.25) is 0 Å². The maximum absolute atomic E-state index is 11.1. The van der Waals surface area contributed by atoms with Gasteiger partial charge in [-0.15, -0.1) is 0 Å². The average Bonchev–Trinajstić information content (AvgIpc) is 2.52. The van der Waals surface area contributed by atoms with E-state index in [0.29, 0.717) is 20.1 Å². The van der Waals surface area contributed by atoms with Gasteiger partial charge in [-0.25, -0.2) is 4.79 Å². The monoisotopic (exact) mass is 364 g/mol. The van der Waals surface area contributed by atoms with Crippen molar-refractivity contribution in [3.63, 3.8) is 0 Å². The number of aromatic carboxylic acids is 1. The predicted molar refractivity (Wildman–Crippen MR) is 66.8 cm³/mol. The summed E-state index contributed by atoms with van der Waals surface area (Å²) in [5.41, 5.74) is 0.0251. The number of hydrogen-bond acceptors (Lipinski definition) is 4. The van der Waals surface area contributed by atoms with Gasteiger partial charge in [0.05, 0.1) is 17.0 Å². The SMILES string of the molecule is COc1c(C(=O)O)c(O)cc2oc(Br)c(Br)c12. The lowest BCUT2D eigenvalue weighted by Gasteiger charge is -2.07. The number of phenols is 1. The average molecular weight is 366 g/mol. The van der Waals surface area contributed by atoms with Crippen molar-refractivity contribution in [3.05, 3.63) is 20.8 Å². The van der Waals surface area contributed by atoms with Crippen LogP contribution in [-0.2, 0) is 0 Å². The topological polar surface area (TPSA) is 79.9 Å². The van der Waals surface area contributed by atoms with Crippen molar-refractivity contribution in [1.82, 2.24) is 0 Å². The van der Waals surface area contributed by atoms with Crippen LogP contribution in [-0.4, -0.2) is 23.3 Å². The van der Waals surface area contributed by atoms with Crippen LogP contribution in [0.25, 0.3) is 11.0 Å². The maximum atomic E-state index is 11.1. The lowest BCUT2D eigenvalue weighted by molar-refractivity contribution is 0.0690. The Morgan fingerprint density at radius 3 is 2.65 bits per heavy atom. The van der Waals surface area contributed by atoms with Crippen molar-refractivity contribution in [2.24, 2.45) is 0 Å². The Labute approximate surface area is 112 Å². The van der Waals surface area contributed by atoms with E-state index in [0.717, 1.165) is 0 Å². The molecule has 0 bridgehead atoms. The number of furan rings is 1. The third kappa shape index (κ3) is 1.79. The normalized spacial score (nSPS) is 10.8. The third-order valence-electron chi connectivity index (χ3n) is 2.23. The zero-order valence-electron chi connectivity index (χ0n) is 8.45. The Balaban J connectivity index is 2.97. The minimum atomic E-state index is -1.27. The Morgan fingerprint density at radius 1 is 1.47 bits per heavy atom. The number of benzene rings is 1. The zero-order valence-corrected chi connectivity index (χ0v) is 11.6. The van der Waals surface area contributed by atoms with Gasteiger partial charge in [-0.3, -0.25) is 0 Å². The molecule has 0 fully saturated rings. The molecule has 0 atom stereocenters. The fourth-order valence-electron chi connectivity index (χ4n) is 1.56. The minimum Gasteiger partial charge on any atom is -0.507 e. The summed E-state index contributed by atoms with van der Waals surface area (Å²) in [5, 5.41) is 19.1. The standard InChI is InChI=1S/C10H6Br2O5/c1-16-8-5(10(14)15)3(13)2-4-6(8)7(11)9(12)17-4/h2,13H,1H3,(H,14,15). The lowest BCUT2D eigenvalue weighted by atomic mass is 10.1. The number of carboxylic acids is 1. The van der Waals surface area contributed by atoms with Gasteiger partial charge in [0.25, 0.3) is 0 Å². The van der Waals surface area contributed by atoms with Gasteiger partial charge in [-0.1, -0.05) is 0 Å². The quantitative estimate of drug-likeness (QED) is 0.852. The molecule has 17 heavy (non-hydrogen) atoms. The summed E-state index contributed by atoms with van der Waals surface area (Å²) in [6.45, 7) is 0. The summed E-state index contributed by atoms with van der Waals surface area (Å²) < 4.78 is 11.3. The fraction of sp³-hybridized carbons (Fsp3) is 0.100. The maximum Gasteiger partial charge on any atom is 0.343 e. The second-order valence-electron chi connectivity index (χ2n) is 3.17. The highest BCUT2D eigenvalue weighted by Crippen LogP contribution is 2.44. The van der Waals surface area contributed by atoms with Crippen LogP contribution in [0.5, 0.6) is 11.5 Å². The highest BCUT2D eigenvalue weighted by molar-refractivity contribution is 9.13. The number of rotatable bonds is 2. The summed E-state index contributed by atoms with van der Waals surface area (Å²) in [6, 6.07) is 1.23. The van der Waals surface area contributed by atoms with E-state index in [9.17, 15) is 9.90 Å². The van der Waals surface area contributed by atoms with E-state index < -0.39 is 11.7 Å². The first-order valence-corrected chi connectivity index (χ1v) is 5.96. The van der Waals surface area contributed by atoms with E-state index in [1.165, 1.54) is 13.2 Å². The third-order valence-corrected chi connectivity index (χ3v) is 4.08. The molecule has 0 radical (unpaired) electrons. The van der Waals surface area contributed by atoms with Gasteiger partial charge < -0.3 is 19.4 Å². The largest absolute Gasteiger partial charge is 0.507 e. The molecule has 0 aliphatic heterocycles. The molecule has 0 spiro atoms. The molecule has 0 aliphatic carbocycles. The molecule has 0 saturated heterocycles. The van der Waals surface area contributed by atoms with Gasteiger partial charge in [-0.05, 0) is 31.9 Å². The first-order valence-electron chi connectivity index (χ1n) is 4.38. The van der Waals surface area contributed by atoms with Gasteiger partial charge in [0, 0.05) is 6.07 Å². The molecule has 0 saturated carbocycles. The number of carboxylic acid groups (broad SMARTS) is 1. The van der Waals surface area contributed by atoms with Gasteiger partial charge in [0.2, 0.25) is 0 Å². The van der Waals surface area contributed by atoms with E-state index in [-0.39, 0.29) is 11.3 Å². The number of fused-ring (bicyclic) bond motifs is 1. The molecule has 0 aliphatic rings. The van der Waals surface area contributed by atoms with Gasteiger partial charge in [-0.2, -0.15) is 0 Å². The number of aromatic hydroxyl groups is 1. The molecule has 7 heteroatoms. The van der Waals surface area contributed by atoms with Crippen LogP contribution < -0.4 is 4.74 Å². The summed E-state index contributed by atoms with van der Waals surface area (Å²) >= 11 is 6.41. The number of methoxy groups -OCH3 is 1. The van der Waals surface area contributed by atoms with Crippen LogP contribution >= 0.6 is 31.9 Å². The summed E-state index contributed by atoms with van der Waals surface area (Å²) in [5.74, 6) is -1.63. The highest BCUT2D eigenvalue weighted by Gasteiger charge is 2.24. The predicted octanol–water partition coefficient (Wildman–Crippen LogP) is 3.37. The Bertz CT molecular complexity index is 617. The molecule has 1 aromatic carbocycles. The Kier molecular flexibility index (Phi) is 3.05. The van der Waals surface area contributed by atoms with E-state index in [2.05, 4.69) is 31.9 Å². The van der Waals surface area contributed by atoms with Gasteiger partial charge in [0.1, 0.15) is 22.6 Å². The fourth-order valence-corrected chi connectivity index (χ4v) is 2.39. The highest BCUT2D eigenvalue weighted by atomic mass is 79.9.